The normalized spacial score (nSPS) is 14.8. The Balaban J connectivity index is 0.000000815. The van der Waals surface area contributed by atoms with Crippen molar-refractivity contribution in [1.82, 2.24) is 25.1 Å². The van der Waals surface area contributed by atoms with Gasteiger partial charge in [0, 0.05) is 30.4 Å². The van der Waals surface area contributed by atoms with Gasteiger partial charge in [-0.3, -0.25) is 9.48 Å². The molecule has 3 aromatic heterocycles. The van der Waals surface area contributed by atoms with Crippen LogP contribution in [0.4, 0.5) is 0 Å². The van der Waals surface area contributed by atoms with E-state index in [9.17, 15) is 4.79 Å². The minimum atomic E-state index is -0.284. The number of hydrogen-bond donors (Lipinski definition) is 2. The molecule has 0 atom stereocenters. The Morgan fingerprint density at radius 3 is 2.71 bits per heavy atom. The first-order chi connectivity index (χ1) is 11.6. The van der Waals surface area contributed by atoms with Crippen LogP contribution in [-0.4, -0.2) is 25.7 Å². The Labute approximate surface area is 145 Å². The van der Waals surface area contributed by atoms with Gasteiger partial charge in [-0.05, 0) is 25.0 Å². The Morgan fingerprint density at radius 1 is 1.33 bits per heavy atom. The van der Waals surface area contributed by atoms with Crippen LogP contribution in [-0.2, 0) is 12.6 Å². The van der Waals surface area contributed by atoms with E-state index in [-0.39, 0.29) is 11.4 Å². The summed E-state index contributed by atoms with van der Waals surface area (Å²) in [4.78, 5) is 19.7. The van der Waals surface area contributed by atoms with Crippen LogP contribution in [0.15, 0.2) is 30.7 Å². The van der Waals surface area contributed by atoms with Crippen molar-refractivity contribution in [3.8, 4) is 0 Å². The van der Waals surface area contributed by atoms with E-state index in [0.717, 1.165) is 23.8 Å². The summed E-state index contributed by atoms with van der Waals surface area (Å²) in [5.41, 5.74) is 1.90. The first-order valence-corrected chi connectivity index (χ1v) is 8.39. The van der Waals surface area contributed by atoms with Crippen LogP contribution < -0.4 is 5.32 Å². The maximum atomic E-state index is 12.5. The third-order valence-electron chi connectivity index (χ3n) is 4.04. The van der Waals surface area contributed by atoms with Gasteiger partial charge in [-0.25, -0.2) is 4.98 Å². The fourth-order valence-electron chi connectivity index (χ4n) is 2.67. The van der Waals surface area contributed by atoms with Crippen LogP contribution in [0.2, 0.25) is 5.02 Å². The monoisotopic (exact) mass is 345 g/mol. The molecule has 0 aliphatic heterocycles. The number of halogens is 1. The molecule has 7 heteroatoms. The second-order valence-corrected chi connectivity index (χ2v) is 6.15. The number of aromatic nitrogens is 4. The highest BCUT2D eigenvalue weighted by Crippen LogP contribution is 2.45. The van der Waals surface area contributed by atoms with E-state index in [0.29, 0.717) is 16.4 Å². The average molecular weight is 346 g/mol. The number of pyridine rings is 1. The van der Waals surface area contributed by atoms with Gasteiger partial charge in [-0.15, -0.1) is 0 Å². The minimum Gasteiger partial charge on any atom is -0.341 e. The first-order valence-electron chi connectivity index (χ1n) is 8.02. The van der Waals surface area contributed by atoms with E-state index in [1.165, 1.54) is 0 Å². The molecule has 1 amide bonds. The Morgan fingerprint density at radius 2 is 2.08 bits per heavy atom. The number of fused-ring (bicyclic) bond motifs is 1. The summed E-state index contributed by atoms with van der Waals surface area (Å²) < 4.78 is 1.75. The lowest BCUT2D eigenvalue weighted by Gasteiger charge is -2.14. The number of aromatic amines is 1. The lowest BCUT2D eigenvalue weighted by atomic mass is 10.1. The van der Waals surface area contributed by atoms with Crippen molar-refractivity contribution >= 4 is 28.5 Å². The number of nitrogens with one attached hydrogen (secondary N) is 2. The molecule has 0 unspecified atom stereocenters. The average Bonchev–Trinajstić information content (AvgIpc) is 3.02. The molecular weight excluding hydrogens is 326 g/mol. The predicted octanol–water partition coefficient (Wildman–Crippen LogP) is 3.40. The molecule has 2 N–H and O–H groups in total. The summed E-state index contributed by atoms with van der Waals surface area (Å²) in [6.45, 7) is 4.00. The SMILES string of the molecule is CC.Cn1cc(C2(NC(=O)c3cc4cc(Cl)cnc4[nH]3)CC2)cn1. The summed E-state index contributed by atoms with van der Waals surface area (Å²) in [6, 6.07) is 3.55. The molecule has 0 radical (unpaired) electrons. The summed E-state index contributed by atoms with van der Waals surface area (Å²) in [5.74, 6) is -0.143. The van der Waals surface area contributed by atoms with E-state index < -0.39 is 0 Å². The highest BCUT2D eigenvalue weighted by molar-refractivity contribution is 6.31. The third kappa shape index (κ3) is 3.01. The molecule has 3 heterocycles. The predicted molar refractivity (Wildman–Crippen MR) is 94.0 cm³/mol. The largest absolute Gasteiger partial charge is 0.341 e. The van der Waals surface area contributed by atoms with Crippen molar-refractivity contribution in [1.29, 1.82) is 0 Å². The molecule has 1 aliphatic rings. The Bertz CT molecular complexity index is 878. The van der Waals surface area contributed by atoms with E-state index in [2.05, 4.69) is 20.4 Å². The van der Waals surface area contributed by atoms with Gasteiger partial charge in [-0.1, -0.05) is 25.4 Å². The molecule has 1 fully saturated rings. The van der Waals surface area contributed by atoms with E-state index >= 15 is 0 Å². The number of hydrogen-bond acceptors (Lipinski definition) is 3. The highest BCUT2D eigenvalue weighted by Gasteiger charge is 2.46. The number of carbonyl (C=O) groups is 1. The standard InChI is InChI=1S/C15H14ClN5O.C2H6/c1-21-8-10(6-18-21)15(2-3-15)20-14(22)12-5-9-4-11(16)7-17-13(9)19-12;1-2/h4-8H,2-3H2,1H3,(H,17,19)(H,20,22);1-2H3. The van der Waals surface area contributed by atoms with Crippen molar-refractivity contribution in [2.75, 3.05) is 0 Å². The molecule has 0 saturated heterocycles. The van der Waals surface area contributed by atoms with Gasteiger partial charge in [-0.2, -0.15) is 5.10 Å². The molecule has 1 saturated carbocycles. The summed E-state index contributed by atoms with van der Waals surface area (Å²) >= 11 is 5.92. The van der Waals surface area contributed by atoms with E-state index in [4.69, 9.17) is 11.6 Å². The molecule has 0 bridgehead atoms. The van der Waals surface area contributed by atoms with Crippen LogP contribution in [0, 0.1) is 0 Å². The van der Waals surface area contributed by atoms with Crippen LogP contribution >= 0.6 is 11.6 Å². The van der Waals surface area contributed by atoms with E-state index in [1.54, 1.807) is 29.2 Å². The molecule has 24 heavy (non-hydrogen) atoms. The smallest absolute Gasteiger partial charge is 0.268 e. The molecule has 4 rings (SSSR count). The summed E-state index contributed by atoms with van der Waals surface area (Å²) in [6.07, 6.45) is 7.16. The lowest BCUT2D eigenvalue weighted by Crippen LogP contribution is -2.34. The maximum Gasteiger partial charge on any atom is 0.268 e. The molecule has 126 valence electrons. The van der Waals surface area contributed by atoms with Gasteiger partial charge in [0.2, 0.25) is 0 Å². The molecular formula is C17H20ClN5O. The van der Waals surface area contributed by atoms with E-state index in [1.807, 2.05) is 27.1 Å². The van der Waals surface area contributed by atoms with Gasteiger partial charge in [0.05, 0.1) is 16.8 Å². The lowest BCUT2D eigenvalue weighted by molar-refractivity contribution is 0.0926. The van der Waals surface area contributed by atoms with Crippen molar-refractivity contribution in [3.63, 3.8) is 0 Å². The minimum absolute atomic E-state index is 0.143. The second kappa shape index (κ2) is 6.28. The molecule has 3 aromatic rings. The number of aryl methyl sites for hydroxylation is 1. The Hall–Kier alpha value is -2.34. The molecule has 1 aliphatic carbocycles. The molecule has 6 nitrogen and oxygen atoms in total. The van der Waals surface area contributed by atoms with Gasteiger partial charge in [0.1, 0.15) is 11.3 Å². The second-order valence-electron chi connectivity index (χ2n) is 5.71. The van der Waals surface area contributed by atoms with Crippen molar-refractivity contribution < 1.29 is 4.79 Å². The number of amides is 1. The summed E-state index contributed by atoms with van der Waals surface area (Å²) in [5, 5.41) is 8.66. The van der Waals surface area contributed by atoms with Crippen LogP contribution in [0.3, 0.4) is 0 Å². The fourth-order valence-corrected chi connectivity index (χ4v) is 2.84. The van der Waals surface area contributed by atoms with Crippen molar-refractivity contribution in [2.24, 2.45) is 7.05 Å². The first kappa shape index (κ1) is 16.5. The zero-order valence-electron chi connectivity index (χ0n) is 13.9. The van der Waals surface area contributed by atoms with Crippen molar-refractivity contribution in [2.45, 2.75) is 32.2 Å². The van der Waals surface area contributed by atoms with Crippen LogP contribution in [0.25, 0.3) is 11.0 Å². The number of nitrogens with zero attached hydrogens (tertiary/aromatic N) is 3. The number of carbonyl (C=O) groups excluding carboxylic acids is 1. The fraction of sp³-hybridized carbons (Fsp3) is 0.353. The zero-order valence-corrected chi connectivity index (χ0v) is 14.7. The van der Waals surface area contributed by atoms with Gasteiger partial charge in [0.15, 0.2) is 0 Å². The summed E-state index contributed by atoms with van der Waals surface area (Å²) in [7, 11) is 1.87. The van der Waals surface area contributed by atoms with Gasteiger partial charge in [0.25, 0.3) is 5.91 Å². The van der Waals surface area contributed by atoms with Gasteiger partial charge < -0.3 is 10.3 Å². The number of H-pyrrole nitrogens is 1. The topological polar surface area (TPSA) is 75.6 Å². The third-order valence-corrected chi connectivity index (χ3v) is 4.25. The molecule has 0 aromatic carbocycles. The quantitative estimate of drug-likeness (QED) is 0.764. The van der Waals surface area contributed by atoms with Crippen LogP contribution in [0.5, 0.6) is 0 Å². The highest BCUT2D eigenvalue weighted by atomic mass is 35.5. The maximum absolute atomic E-state index is 12.5. The molecule has 0 spiro atoms. The Kier molecular flexibility index (Phi) is 4.32. The van der Waals surface area contributed by atoms with Gasteiger partial charge >= 0.3 is 0 Å². The van der Waals surface area contributed by atoms with Crippen LogP contribution in [0.1, 0.15) is 42.7 Å². The van der Waals surface area contributed by atoms with Crippen molar-refractivity contribution in [3.05, 3.63) is 47.0 Å². The number of rotatable bonds is 3. The zero-order chi connectivity index (χ0) is 17.3.